The van der Waals surface area contributed by atoms with Gasteiger partial charge in [-0.2, -0.15) is 0 Å². The molecule has 4 heteroatoms. The van der Waals surface area contributed by atoms with Crippen LogP contribution in [0, 0.1) is 0 Å². The zero-order valence-electron chi connectivity index (χ0n) is 7.09. The Bertz CT molecular complexity index is 237. The Hall–Kier alpha value is -0.0900. The molecule has 0 fully saturated rings. The Morgan fingerprint density at radius 2 is 2.42 bits per heavy atom. The van der Waals surface area contributed by atoms with Crippen LogP contribution in [-0.2, 0) is 6.54 Å². The van der Waals surface area contributed by atoms with Crippen LogP contribution in [0.25, 0.3) is 0 Å². The molecule has 0 unspecified atom stereocenters. The van der Waals surface area contributed by atoms with Crippen molar-refractivity contribution in [2.75, 3.05) is 20.1 Å². The summed E-state index contributed by atoms with van der Waals surface area (Å²) in [6, 6.07) is 2.00. The van der Waals surface area contributed by atoms with Gasteiger partial charge in [0.05, 0.1) is 5.02 Å². The summed E-state index contributed by atoms with van der Waals surface area (Å²) in [5.74, 6) is 0. The molecule has 0 radical (unpaired) electrons. The highest BCUT2D eigenvalue weighted by molar-refractivity contribution is 7.10. The second-order valence-corrected chi connectivity index (χ2v) is 4.19. The van der Waals surface area contributed by atoms with Crippen molar-refractivity contribution in [2.45, 2.75) is 6.54 Å². The van der Waals surface area contributed by atoms with E-state index in [1.54, 1.807) is 11.3 Å². The first-order valence-corrected chi connectivity index (χ1v) is 5.09. The quantitative estimate of drug-likeness (QED) is 0.811. The van der Waals surface area contributed by atoms with Gasteiger partial charge in [0.15, 0.2) is 0 Å². The van der Waals surface area contributed by atoms with Crippen LogP contribution < -0.4 is 5.73 Å². The summed E-state index contributed by atoms with van der Waals surface area (Å²) in [7, 11) is 2.06. The standard InChI is InChI=1S/C8H13ClN2S/c1-11(3-2-10)5-8-4-7(9)6-12-8/h4,6H,2-3,5,10H2,1H3. The maximum Gasteiger partial charge on any atom is 0.0516 e. The Labute approximate surface area is 81.9 Å². The van der Waals surface area contributed by atoms with Gasteiger partial charge in [-0.05, 0) is 13.1 Å². The van der Waals surface area contributed by atoms with Crippen molar-refractivity contribution in [1.82, 2.24) is 4.90 Å². The molecule has 68 valence electrons. The van der Waals surface area contributed by atoms with Crippen LogP contribution in [0.15, 0.2) is 11.4 Å². The van der Waals surface area contributed by atoms with Gasteiger partial charge < -0.3 is 10.6 Å². The second-order valence-electron chi connectivity index (χ2n) is 2.76. The van der Waals surface area contributed by atoms with Gasteiger partial charge in [-0.15, -0.1) is 11.3 Å². The molecule has 0 aromatic carbocycles. The minimum absolute atomic E-state index is 0.704. The monoisotopic (exact) mass is 204 g/mol. The molecular weight excluding hydrogens is 192 g/mol. The number of nitrogens with two attached hydrogens (primary N) is 1. The Morgan fingerprint density at radius 1 is 1.67 bits per heavy atom. The summed E-state index contributed by atoms with van der Waals surface area (Å²) < 4.78 is 0. The van der Waals surface area contributed by atoms with Gasteiger partial charge in [0, 0.05) is 29.9 Å². The van der Waals surface area contributed by atoms with Crippen molar-refractivity contribution in [3.63, 3.8) is 0 Å². The van der Waals surface area contributed by atoms with Crippen molar-refractivity contribution in [3.05, 3.63) is 21.3 Å². The van der Waals surface area contributed by atoms with E-state index in [4.69, 9.17) is 17.3 Å². The summed E-state index contributed by atoms with van der Waals surface area (Å²) in [5.41, 5.74) is 5.42. The maximum atomic E-state index is 5.79. The lowest BCUT2D eigenvalue weighted by atomic mass is 10.4. The molecule has 1 aromatic rings. The summed E-state index contributed by atoms with van der Waals surface area (Å²) in [6.07, 6.45) is 0. The lowest BCUT2D eigenvalue weighted by Gasteiger charge is -2.13. The van der Waals surface area contributed by atoms with E-state index in [9.17, 15) is 0 Å². The van der Waals surface area contributed by atoms with Crippen LogP contribution in [0.1, 0.15) is 4.88 Å². The largest absolute Gasteiger partial charge is 0.329 e. The molecule has 12 heavy (non-hydrogen) atoms. The number of nitrogens with zero attached hydrogens (tertiary/aromatic N) is 1. The number of likely N-dealkylation sites (N-methyl/N-ethyl adjacent to an activating group) is 1. The molecule has 2 nitrogen and oxygen atoms in total. The molecule has 0 spiro atoms. The highest BCUT2D eigenvalue weighted by Crippen LogP contribution is 2.19. The van der Waals surface area contributed by atoms with Crippen LogP contribution >= 0.6 is 22.9 Å². The van der Waals surface area contributed by atoms with Gasteiger partial charge in [0.1, 0.15) is 0 Å². The fraction of sp³-hybridized carbons (Fsp3) is 0.500. The summed E-state index contributed by atoms with van der Waals surface area (Å²) in [5, 5.41) is 2.78. The smallest absolute Gasteiger partial charge is 0.0516 e. The van der Waals surface area contributed by atoms with Crippen molar-refractivity contribution in [3.8, 4) is 0 Å². The lowest BCUT2D eigenvalue weighted by molar-refractivity contribution is 0.339. The number of hydrogen-bond donors (Lipinski definition) is 1. The third kappa shape index (κ3) is 3.11. The third-order valence-corrected chi connectivity index (χ3v) is 2.83. The van der Waals surface area contributed by atoms with Gasteiger partial charge in [-0.3, -0.25) is 0 Å². The summed E-state index contributed by atoms with van der Waals surface area (Å²) >= 11 is 7.48. The summed E-state index contributed by atoms with van der Waals surface area (Å²) in [4.78, 5) is 3.47. The molecule has 1 aromatic heterocycles. The molecular formula is C8H13ClN2S. The Balaban J connectivity index is 2.41. The molecule has 2 N–H and O–H groups in total. The number of thiophene rings is 1. The van der Waals surface area contributed by atoms with Crippen LogP contribution in [-0.4, -0.2) is 25.0 Å². The van der Waals surface area contributed by atoms with Crippen LogP contribution in [0.5, 0.6) is 0 Å². The van der Waals surface area contributed by atoms with E-state index in [1.165, 1.54) is 4.88 Å². The first-order chi connectivity index (χ1) is 5.72. The van der Waals surface area contributed by atoms with Gasteiger partial charge in [0.25, 0.3) is 0 Å². The van der Waals surface area contributed by atoms with E-state index in [0.29, 0.717) is 6.54 Å². The lowest BCUT2D eigenvalue weighted by Crippen LogP contribution is -2.24. The first kappa shape index (κ1) is 9.99. The van der Waals surface area contributed by atoms with Crippen molar-refractivity contribution >= 4 is 22.9 Å². The molecule has 0 saturated carbocycles. The minimum atomic E-state index is 0.704. The minimum Gasteiger partial charge on any atom is -0.329 e. The number of rotatable bonds is 4. The molecule has 0 aliphatic carbocycles. The van der Waals surface area contributed by atoms with E-state index < -0.39 is 0 Å². The van der Waals surface area contributed by atoms with Crippen LogP contribution in [0.3, 0.4) is 0 Å². The Morgan fingerprint density at radius 3 is 2.92 bits per heavy atom. The molecule has 1 heterocycles. The molecule has 0 atom stereocenters. The second kappa shape index (κ2) is 4.82. The topological polar surface area (TPSA) is 29.3 Å². The Kier molecular flexibility index (Phi) is 4.01. The third-order valence-electron chi connectivity index (χ3n) is 1.56. The van der Waals surface area contributed by atoms with Gasteiger partial charge in [0.2, 0.25) is 0 Å². The maximum absolute atomic E-state index is 5.79. The average molecular weight is 205 g/mol. The van der Waals surface area contributed by atoms with Crippen molar-refractivity contribution in [2.24, 2.45) is 5.73 Å². The number of hydrogen-bond acceptors (Lipinski definition) is 3. The molecule has 0 bridgehead atoms. The summed E-state index contributed by atoms with van der Waals surface area (Å²) in [6.45, 7) is 2.57. The van der Waals surface area contributed by atoms with Crippen LogP contribution in [0.2, 0.25) is 5.02 Å². The van der Waals surface area contributed by atoms with Crippen LogP contribution in [0.4, 0.5) is 0 Å². The van der Waals surface area contributed by atoms with E-state index in [-0.39, 0.29) is 0 Å². The van der Waals surface area contributed by atoms with Gasteiger partial charge in [-0.25, -0.2) is 0 Å². The highest BCUT2D eigenvalue weighted by Gasteiger charge is 2.01. The highest BCUT2D eigenvalue weighted by atomic mass is 35.5. The molecule has 0 aliphatic rings. The zero-order chi connectivity index (χ0) is 8.97. The predicted molar refractivity (Wildman–Crippen MR) is 54.7 cm³/mol. The van der Waals surface area contributed by atoms with E-state index in [0.717, 1.165) is 18.1 Å². The van der Waals surface area contributed by atoms with Crippen molar-refractivity contribution < 1.29 is 0 Å². The van der Waals surface area contributed by atoms with E-state index >= 15 is 0 Å². The fourth-order valence-electron chi connectivity index (χ4n) is 1.00. The molecule has 0 aliphatic heterocycles. The van der Waals surface area contributed by atoms with Gasteiger partial charge >= 0.3 is 0 Å². The SMILES string of the molecule is CN(CCN)Cc1cc(Cl)cs1. The predicted octanol–water partition coefficient (Wildman–Crippen LogP) is 1.79. The number of halogens is 1. The zero-order valence-corrected chi connectivity index (χ0v) is 8.66. The molecule has 1 rings (SSSR count). The fourth-order valence-corrected chi connectivity index (χ4v) is 2.15. The van der Waals surface area contributed by atoms with E-state index in [1.807, 2.05) is 11.4 Å². The molecule has 0 amide bonds. The average Bonchev–Trinajstić information content (AvgIpc) is 2.36. The van der Waals surface area contributed by atoms with Gasteiger partial charge in [-0.1, -0.05) is 11.6 Å². The van der Waals surface area contributed by atoms with Crippen molar-refractivity contribution in [1.29, 1.82) is 0 Å². The molecule has 0 saturated heterocycles. The first-order valence-electron chi connectivity index (χ1n) is 3.84. The normalized spacial score (nSPS) is 11.0. The van der Waals surface area contributed by atoms with E-state index in [2.05, 4.69) is 11.9 Å².